The van der Waals surface area contributed by atoms with Crippen molar-refractivity contribution in [3.05, 3.63) is 57.8 Å². The van der Waals surface area contributed by atoms with Gasteiger partial charge in [-0.2, -0.15) is 0 Å². The lowest BCUT2D eigenvalue weighted by atomic mass is 10.1. The summed E-state index contributed by atoms with van der Waals surface area (Å²) in [6, 6.07) is 11.9. The van der Waals surface area contributed by atoms with Crippen molar-refractivity contribution in [3.63, 3.8) is 0 Å². The Morgan fingerprint density at radius 1 is 1.22 bits per heavy atom. The second-order valence-corrected chi connectivity index (χ2v) is 5.17. The van der Waals surface area contributed by atoms with Crippen LogP contribution in [0.2, 0.25) is 0 Å². The number of rotatable bonds is 5. The van der Waals surface area contributed by atoms with E-state index >= 15 is 0 Å². The van der Waals surface area contributed by atoms with E-state index in [0.29, 0.717) is 6.54 Å². The van der Waals surface area contributed by atoms with Crippen molar-refractivity contribution in [1.29, 1.82) is 0 Å². The molecule has 0 bridgehead atoms. The van der Waals surface area contributed by atoms with Gasteiger partial charge in [0.2, 0.25) is 0 Å². The SMILES string of the molecule is CCc1ccc(C(=O)NCCc2cccs2)cc1. The second kappa shape index (κ2) is 6.36. The number of aryl methyl sites for hydroxylation is 1. The van der Waals surface area contributed by atoms with Crippen LogP contribution < -0.4 is 5.32 Å². The fraction of sp³-hybridized carbons (Fsp3) is 0.267. The van der Waals surface area contributed by atoms with E-state index < -0.39 is 0 Å². The Morgan fingerprint density at radius 2 is 2.00 bits per heavy atom. The Labute approximate surface area is 112 Å². The smallest absolute Gasteiger partial charge is 0.251 e. The third kappa shape index (κ3) is 3.44. The standard InChI is InChI=1S/C15H17NOS/c1-2-12-5-7-13(8-6-12)15(17)16-10-9-14-4-3-11-18-14/h3-8,11H,2,9-10H2,1H3,(H,16,17). The van der Waals surface area contributed by atoms with Crippen LogP contribution in [0.15, 0.2) is 41.8 Å². The molecule has 1 N–H and O–H groups in total. The number of benzene rings is 1. The van der Waals surface area contributed by atoms with Gasteiger partial charge in [0.15, 0.2) is 0 Å². The van der Waals surface area contributed by atoms with Crippen LogP contribution in [-0.2, 0) is 12.8 Å². The molecule has 0 fully saturated rings. The van der Waals surface area contributed by atoms with Crippen molar-refractivity contribution in [2.24, 2.45) is 0 Å². The summed E-state index contributed by atoms with van der Waals surface area (Å²) in [6.07, 6.45) is 1.90. The highest BCUT2D eigenvalue weighted by atomic mass is 32.1. The lowest BCUT2D eigenvalue weighted by molar-refractivity contribution is 0.0954. The molecule has 2 aromatic rings. The Balaban J connectivity index is 1.83. The molecule has 18 heavy (non-hydrogen) atoms. The number of carbonyl (C=O) groups excluding carboxylic acids is 1. The van der Waals surface area contributed by atoms with Gasteiger partial charge in [-0.1, -0.05) is 25.1 Å². The number of thiophene rings is 1. The molecule has 1 amide bonds. The van der Waals surface area contributed by atoms with Gasteiger partial charge in [-0.25, -0.2) is 0 Å². The maximum atomic E-state index is 11.9. The lowest BCUT2D eigenvalue weighted by Crippen LogP contribution is -2.25. The first-order valence-corrected chi connectivity index (χ1v) is 7.07. The molecule has 3 heteroatoms. The summed E-state index contributed by atoms with van der Waals surface area (Å²) in [5.74, 6) is 0.00853. The molecule has 0 saturated heterocycles. The van der Waals surface area contributed by atoms with Crippen molar-refractivity contribution >= 4 is 17.2 Å². The number of carbonyl (C=O) groups is 1. The number of nitrogens with one attached hydrogen (secondary N) is 1. The molecule has 0 aliphatic heterocycles. The summed E-state index contributed by atoms with van der Waals surface area (Å²) < 4.78 is 0. The predicted octanol–water partition coefficient (Wildman–Crippen LogP) is 3.28. The zero-order valence-electron chi connectivity index (χ0n) is 10.5. The first-order chi connectivity index (χ1) is 8.79. The average molecular weight is 259 g/mol. The van der Waals surface area contributed by atoms with Gasteiger partial charge in [-0.15, -0.1) is 11.3 Å². The Morgan fingerprint density at radius 3 is 2.61 bits per heavy atom. The lowest BCUT2D eigenvalue weighted by Gasteiger charge is -2.05. The van der Waals surface area contributed by atoms with Gasteiger partial charge in [0, 0.05) is 17.0 Å². The van der Waals surface area contributed by atoms with Crippen LogP contribution in [0.5, 0.6) is 0 Å². The van der Waals surface area contributed by atoms with E-state index in [-0.39, 0.29) is 5.91 Å². The van der Waals surface area contributed by atoms with E-state index in [9.17, 15) is 4.79 Å². The molecule has 2 rings (SSSR count). The van der Waals surface area contributed by atoms with Crippen molar-refractivity contribution in [1.82, 2.24) is 5.32 Å². The van der Waals surface area contributed by atoms with Gasteiger partial charge in [-0.05, 0) is 42.0 Å². The van der Waals surface area contributed by atoms with Crippen molar-refractivity contribution in [2.45, 2.75) is 19.8 Å². The molecule has 0 saturated carbocycles. The molecule has 0 radical (unpaired) electrons. The van der Waals surface area contributed by atoms with Crippen LogP contribution in [0, 0.1) is 0 Å². The van der Waals surface area contributed by atoms with E-state index in [4.69, 9.17) is 0 Å². The number of hydrogen-bond acceptors (Lipinski definition) is 2. The molecule has 1 aromatic carbocycles. The summed E-state index contributed by atoms with van der Waals surface area (Å²) >= 11 is 1.72. The van der Waals surface area contributed by atoms with E-state index in [1.54, 1.807) is 11.3 Å². The third-order valence-corrected chi connectivity index (χ3v) is 3.80. The van der Waals surface area contributed by atoms with Crippen LogP contribution in [0.25, 0.3) is 0 Å². The molecule has 0 aliphatic rings. The monoisotopic (exact) mass is 259 g/mol. The summed E-state index contributed by atoms with van der Waals surface area (Å²) in [5.41, 5.74) is 1.99. The van der Waals surface area contributed by atoms with Crippen LogP contribution in [0.4, 0.5) is 0 Å². The Hall–Kier alpha value is -1.61. The Bertz CT molecular complexity index is 488. The molecule has 94 valence electrons. The van der Waals surface area contributed by atoms with Crippen molar-refractivity contribution < 1.29 is 4.79 Å². The van der Waals surface area contributed by atoms with Gasteiger partial charge in [-0.3, -0.25) is 4.79 Å². The van der Waals surface area contributed by atoms with Gasteiger partial charge >= 0.3 is 0 Å². The van der Waals surface area contributed by atoms with E-state index in [0.717, 1.165) is 18.4 Å². The quantitative estimate of drug-likeness (QED) is 0.877. The average Bonchev–Trinajstić information content (AvgIpc) is 2.92. The van der Waals surface area contributed by atoms with Gasteiger partial charge < -0.3 is 5.32 Å². The van der Waals surface area contributed by atoms with Gasteiger partial charge in [0.1, 0.15) is 0 Å². The summed E-state index contributed by atoms with van der Waals surface area (Å²) in [7, 11) is 0. The molecule has 1 heterocycles. The molecule has 1 aromatic heterocycles. The van der Waals surface area contributed by atoms with Crippen molar-refractivity contribution in [2.75, 3.05) is 6.54 Å². The molecule has 2 nitrogen and oxygen atoms in total. The first kappa shape index (κ1) is 12.8. The molecular weight excluding hydrogens is 242 g/mol. The minimum Gasteiger partial charge on any atom is -0.352 e. The molecule has 0 spiro atoms. The zero-order valence-corrected chi connectivity index (χ0v) is 11.3. The molecule has 0 unspecified atom stereocenters. The topological polar surface area (TPSA) is 29.1 Å². The normalized spacial score (nSPS) is 10.3. The zero-order chi connectivity index (χ0) is 12.8. The van der Waals surface area contributed by atoms with Crippen LogP contribution in [0.3, 0.4) is 0 Å². The highest BCUT2D eigenvalue weighted by molar-refractivity contribution is 7.09. The highest BCUT2D eigenvalue weighted by Gasteiger charge is 2.04. The maximum Gasteiger partial charge on any atom is 0.251 e. The number of hydrogen-bond donors (Lipinski definition) is 1. The number of amides is 1. The van der Waals surface area contributed by atoms with E-state index in [2.05, 4.69) is 23.7 Å². The molecule has 0 aliphatic carbocycles. The summed E-state index contributed by atoms with van der Waals surface area (Å²) in [6.45, 7) is 2.80. The highest BCUT2D eigenvalue weighted by Crippen LogP contribution is 2.08. The molecular formula is C15H17NOS. The fourth-order valence-electron chi connectivity index (χ4n) is 1.75. The van der Waals surface area contributed by atoms with Crippen LogP contribution in [0.1, 0.15) is 27.7 Å². The Kier molecular flexibility index (Phi) is 4.53. The minimum absolute atomic E-state index is 0.00853. The third-order valence-electron chi connectivity index (χ3n) is 2.86. The van der Waals surface area contributed by atoms with Crippen LogP contribution in [-0.4, -0.2) is 12.5 Å². The summed E-state index contributed by atoms with van der Waals surface area (Å²) in [5, 5.41) is 5.00. The van der Waals surface area contributed by atoms with Crippen molar-refractivity contribution in [3.8, 4) is 0 Å². The largest absolute Gasteiger partial charge is 0.352 e. The van der Waals surface area contributed by atoms with E-state index in [1.807, 2.05) is 30.3 Å². The first-order valence-electron chi connectivity index (χ1n) is 6.19. The second-order valence-electron chi connectivity index (χ2n) is 4.14. The fourth-order valence-corrected chi connectivity index (χ4v) is 2.46. The van der Waals surface area contributed by atoms with Gasteiger partial charge in [0.05, 0.1) is 0 Å². The van der Waals surface area contributed by atoms with E-state index in [1.165, 1.54) is 10.4 Å². The minimum atomic E-state index is 0.00853. The maximum absolute atomic E-state index is 11.9. The van der Waals surface area contributed by atoms with Gasteiger partial charge in [0.25, 0.3) is 5.91 Å². The van der Waals surface area contributed by atoms with Crippen LogP contribution >= 0.6 is 11.3 Å². The molecule has 0 atom stereocenters. The predicted molar refractivity (Wildman–Crippen MR) is 76.2 cm³/mol. The summed E-state index contributed by atoms with van der Waals surface area (Å²) in [4.78, 5) is 13.2.